The highest BCUT2D eigenvalue weighted by Gasteiger charge is 2.04. The van der Waals surface area contributed by atoms with E-state index in [2.05, 4.69) is 28.2 Å². The number of rotatable bonds is 4. The molecule has 0 bridgehead atoms. The lowest BCUT2D eigenvalue weighted by molar-refractivity contribution is 0.626. The van der Waals surface area contributed by atoms with Crippen molar-refractivity contribution in [2.24, 2.45) is 0 Å². The standard InChI is InChI=1S/C15H15BrFN/c1-2-13-14(16)7-4-8-15(13)18-10-11-5-3-6-12(17)9-11/h3-9,18H,2,10H2,1H3. The molecule has 0 heterocycles. The molecule has 0 aliphatic carbocycles. The molecule has 0 saturated carbocycles. The molecule has 2 aromatic rings. The molecular weight excluding hydrogens is 293 g/mol. The first-order chi connectivity index (χ1) is 8.70. The van der Waals surface area contributed by atoms with Crippen LogP contribution in [0.4, 0.5) is 10.1 Å². The molecule has 0 spiro atoms. The van der Waals surface area contributed by atoms with Gasteiger partial charge in [0.05, 0.1) is 0 Å². The van der Waals surface area contributed by atoms with Crippen LogP contribution >= 0.6 is 15.9 Å². The number of benzene rings is 2. The van der Waals surface area contributed by atoms with Crippen LogP contribution in [0.5, 0.6) is 0 Å². The Bertz CT molecular complexity index is 540. The maximum absolute atomic E-state index is 13.1. The van der Waals surface area contributed by atoms with E-state index in [9.17, 15) is 4.39 Å². The number of anilines is 1. The van der Waals surface area contributed by atoms with Crippen LogP contribution < -0.4 is 5.32 Å². The van der Waals surface area contributed by atoms with Gasteiger partial charge >= 0.3 is 0 Å². The van der Waals surface area contributed by atoms with Gasteiger partial charge in [-0.1, -0.05) is 41.1 Å². The summed E-state index contributed by atoms with van der Waals surface area (Å²) in [6.07, 6.45) is 0.951. The minimum Gasteiger partial charge on any atom is -0.381 e. The van der Waals surface area contributed by atoms with Crippen molar-refractivity contribution in [3.8, 4) is 0 Å². The van der Waals surface area contributed by atoms with Crippen molar-refractivity contribution in [2.45, 2.75) is 19.9 Å². The summed E-state index contributed by atoms with van der Waals surface area (Å²) in [5.74, 6) is -0.195. The molecule has 3 heteroatoms. The smallest absolute Gasteiger partial charge is 0.123 e. The number of nitrogens with one attached hydrogen (secondary N) is 1. The van der Waals surface area contributed by atoms with Crippen molar-refractivity contribution in [1.82, 2.24) is 0 Å². The van der Waals surface area contributed by atoms with Crippen LogP contribution in [0.1, 0.15) is 18.1 Å². The van der Waals surface area contributed by atoms with E-state index in [0.717, 1.165) is 22.1 Å². The lowest BCUT2D eigenvalue weighted by Gasteiger charge is -2.12. The van der Waals surface area contributed by atoms with E-state index in [4.69, 9.17) is 0 Å². The SMILES string of the molecule is CCc1c(Br)cccc1NCc1cccc(F)c1. The molecule has 0 radical (unpaired) electrons. The van der Waals surface area contributed by atoms with Crippen LogP contribution in [0.15, 0.2) is 46.9 Å². The number of hydrogen-bond acceptors (Lipinski definition) is 1. The highest BCUT2D eigenvalue weighted by atomic mass is 79.9. The second-order valence-corrected chi connectivity index (χ2v) is 4.96. The van der Waals surface area contributed by atoms with Crippen molar-refractivity contribution in [2.75, 3.05) is 5.32 Å². The van der Waals surface area contributed by atoms with Crippen molar-refractivity contribution >= 4 is 21.6 Å². The summed E-state index contributed by atoms with van der Waals surface area (Å²) in [4.78, 5) is 0. The number of halogens is 2. The fourth-order valence-electron chi connectivity index (χ4n) is 1.93. The Kier molecular flexibility index (Phi) is 4.37. The van der Waals surface area contributed by atoms with E-state index in [1.54, 1.807) is 12.1 Å². The van der Waals surface area contributed by atoms with Gasteiger partial charge in [-0.2, -0.15) is 0 Å². The zero-order valence-corrected chi connectivity index (χ0v) is 11.8. The topological polar surface area (TPSA) is 12.0 Å². The van der Waals surface area contributed by atoms with E-state index in [-0.39, 0.29) is 5.82 Å². The normalized spacial score (nSPS) is 10.4. The van der Waals surface area contributed by atoms with E-state index in [0.29, 0.717) is 6.54 Å². The monoisotopic (exact) mass is 307 g/mol. The molecule has 18 heavy (non-hydrogen) atoms. The van der Waals surface area contributed by atoms with Gasteiger partial charge in [-0.15, -0.1) is 0 Å². The van der Waals surface area contributed by atoms with Gasteiger partial charge in [0.25, 0.3) is 0 Å². The van der Waals surface area contributed by atoms with Crippen LogP contribution in [0.25, 0.3) is 0 Å². The van der Waals surface area contributed by atoms with Crippen LogP contribution in [0, 0.1) is 5.82 Å². The van der Waals surface area contributed by atoms with Gasteiger partial charge in [0.2, 0.25) is 0 Å². The molecule has 0 fully saturated rings. The molecule has 94 valence electrons. The molecular formula is C15H15BrFN. The fraction of sp³-hybridized carbons (Fsp3) is 0.200. The first-order valence-electron chi connectivity index (χ1n) is 5.96. The average Bonchev–Trinajstić information content (AvgIpc) is 2.36. The summed E-state index contributed by atoms with van der Waals surface area (Å²) in [6, 6.07) is 12.7. The molecule has 0 atom stereocenters. The third-order valence-electron chi connectivity index (χ3n) is 2.84. The van der Waals surface area contributed by atoms with Crippen LogP contribution in [0.3, 0.4) is 0 Å². The Morgan fingerprint density at radius 3 is 2.67 bits per heavy atom. The summed E-state index contributed by atoms with van der Waals surface area (Å²) in [5.41, 5.74) is 3.28. The van der Waals surface area contributed by atoms with Gasteiger partial charge in [-0.3, -0.25) is 0 Å². The summed E-state index contributed by atoms with van der Waals surface area (Å²) in [7, 11) is 0. The predicted octanol–water partition coefficient (Wildman–Crippen LogP) is 4.76. The van der Waals surface area contributed by atoms with Crippen molar-refractivity contribution in [3.63, 3.8) is 0 Å². The number of hydrogen-bond donors (Lipinski definition) is 1. The molecule has 0 aliphatic heterocycles. The minimum absolute atomic E-state index is 0.195. The van der Waals surface area contributed by atoms with Crippen LogP contribution in [-0.2, 0) is 13.0 Å². The Hall–Kier alpha value is -1.35. The highest BCUT2D eigenvalue weighted by molar-refractivity contribution is 9.10. The fourth-order valence-corrected chi connectivity index (χ4v) is 2.57. The van der Waals surface area contributed by atoms with E-state index in [1.165, 1.54) is 11.6 Å². The minimum atomic E-state index is -0.195. The molecule has 0 aromatic heterocycles. The summed E-state index contributed by atoms with van der Waals surface area (Å²) >= 11 is 3.55. The molecule has 0 unspecified atom stereocenters. The Morgan fingerprint density at radius 2 is 1.94 bits per heavy atom. The average molecular weight is 308 g/mol. The lowest BCUT2D eigenvalue weighted by Crippen LogP contribution is -2.02. The van der Waals surface area contributed by atoms with Gasteiger partial charge in [0.15, 0.2) is 0 Å². The quantitative estimate of drug-likeness (QED) is 0.858. The molecule has 1 nitrogen and oxygen atoms in total. The second kappa shape index (κ2) is 6.01. The van der Waals surface area contributed by atoms with Crippen LogP contribution in [-0.4, -0.2) is 0 Å². The van der Waals surface area contributed by atoms with Crippen LogP contribution in [0.2, 0.25) is 0 Å². The zero-order valence-electron chi connectivity index (χ0n) is 10.2. The predicted molar refractivity (Wildman–Crippen MR) is 77.2 cm³/mol. The van der Waals surface area contributed by atoms with Gasteiger partial charge < -0.3 is 5.32 Å². The summed E-state index contributed by atoms with van der Waals surface area (Å²) < 4.78 is 14.2. The van der Waals surface area contributed by atoms with Gasteiger partial charge in [-0.25, -0.2) is 4.39 Å². The Morgan fingerprint density at radius 1 is 1.17 bits per heavy atom. The Balaban J connectivity index is 2.13. The largest absolute Gasteiger partial charge is 0.381 e. The molecule has 0 saturated heterocycles. The zero-order chi connectivity index (χ0) is 13.0. The van der Waals surface area contributed by atoms with E-state index in [1.807, 2.05) is 24.3 Å². The first kappa shape index (κ1) is 13.1. The third kappa shape index (κ3) is 3.10. The summed E-state index contributed by atoms with van der Waals surface area (Å²) in [6.45, 7) is 2.74. The Labute approximate surface area is 115 Å². The molecule has 2 rings (SSSR count). The van der Waals surface area contributed by atoms with Crippen molar-refractivity contribution < 1.29 is 4.39 Å². The second-order valence-electron chi connectivity index (χ2n) is 4.10. The third-order valence-corrected chi connectivity index (χ3v) is 3.59. The molecule has 0 aliphatic rings. The van der Waals surface area contributed by atoms with Gasteiger partial charge in [0, 0.05) is 16.7 Å². The highest BCUT2D eigenvalue weighted by Crippen LogP contribution is 2.25. The van der Waals surface area contributed by atoms with Gasteiger partial charge in [0.1, 0.15) is 5.82 Å². The molecule has 2 aromatic carbocycles. The van der Waals surface area contributed by atoms with Crippen molar-refractivity contribution in [3.05, 3.63) is 63.9 Å². The maximum Gasteiger partial charge on any atom is 0.123 e. The lowest BCUT2D eigenvalue weighted by atomic mass is 10.1. The molecule has 0 amide bonds. The van der Waals surface area contributed by atoms with E-state index < -0.39 is 0 Å². The summed E-state index contributed by atoms with van der Waals surface area (Å²) in [5, 5.41) is 3.35. The van der Waals surface area contributed by atoms with Gasteiger partial charge in [-0.05, 0) is 41.8 Å². The maximum atomic E-state index is 13.1. The van der Waals surface area contributed by atoms with Crippen molar-refractivity contribution in [1.29, 1.82) is 0 Å². The first-order valence-corrected chi connectivity index (χ1v) is 6.75. The van der Waals surface area contributed by atoms with E-state index >= 15 is 0 Å². The molecule has 1 N–H and O–H groups in total.